The van der Waals surface area contributed by atoms with Gasteiger partial charge in [-0.1, -0.05) is 11.6 Å². The molecule has 2 aromatic heterocycles. The van der Waals surface area contributed by atoms with Gasteiger partial charge in [0.2, 0.25) is 0 Å². The Morgan fingerprint density at radius 2 is 2.14 bits per heavy atom. The van der Waals surface area contributed by atoms with E-state index in [1.807, 2.05) is 13.0 Å². The van der Waals surface area contributed by atoms with Crippen LogP contribution in [0.25, 0.3) is 11.0 Å². The summed E-state index contributed by atoms with van der Waals surface area (Å²) in [5, 5.41) is 9.09. The summed E-state index contributed by atoms with van der Waals surface area (Å²) in [5.74, 6) is -1.02. The van der Waals surface area contributed by atoms with Gasteiger partial charge in [-0.15, -0.1) is 11.3 Å². The van der Waals surface area contributed by atoms with Gasteiger partial charge in [0.15, 0.2) is 0 Å². The summed E-state index contributed by atoms with van der Waals surface area (Å²) in [6.07, 6.45) is 0. The van der Waals surface area contributed by atoms with E-state index in [1.54, 1.807) is 16.7 Å². The highest BCUT2D eigenvalue weighted by atomic mass is 35.5. The topological polar surface area (TPSA) is 75.1 Å². The Kier molecular flexibility index (Phi) is 3.35. The van der Waals surface area contributed by atoms with Gasteiger partial charge in [0.05, 0.1) is 27.0 Å². The molecule has 0 saturated heterocycles. The minimum atomic E-state index is -1.02. The maximum Gasteiger partial charge on any atom is 0.335 e. The second-order valence-corrected chi connectivity index (χ2v) is 6.40. The number of fused-ring (bicyclic) bond motifs is 1. The number of hydrogen-bond donors (Lipinski definition) is 2. The number of carboxylic acid groups (broad SMARTS) is 1. The predicted molar refractivity (Wildman–Crippen MR) is 82.7 cm³/mol. The fraction of sp³-hybridized carbons (Fsp3) is 0.143. The zero-order valence-corrected chi connectivity index (χ0v) is 12.5. The second kappa shape index (κ2) is 5.05. The molecule has 0 fully saturated rings. The van der Waals surface area contributed by atoms with Crippen molar-refractivity contribution in [1.29, 1.82) is 0 Å². The third-order valence-electron chi connectivity index (χ3n) is 3.36. The number of nitrogens with zero attached hydrogens (tertiary/aromatic N) is 1. The van der Waals surface area contributed by atoms with Crippen LogP contribution < -0.4 is 5.69 Å². The van der Waals surface area contributed by atoms with Crippen molar-refractivity contribution in [2.45, 2.75) is 13.0 Å². The number of carboxylic acids is 1. The fourth-order valence-electron chi connectivity index (χ4n) is 2.32. The minimum absolute atomic E-state index is 0.145. The Morgan fingerprint density at radius 1 is 1.38 bits per heavy atom. The van der Waals surface area contributed by atoms with Gasteiger partial charge in [-0.3, -0.25) is 4.57 Å². The van der Waals surface area contributed by atoms with Crippen LogP contribution in [0.2, 0.25) is 4.34 Å². The molecule has 21 heavy (non-hydrogen) atoms. The average Bonchev–Trinajstić information content (AvgIpc) is 3.00. The largest absolute Gasteiger partial charge is 0.478 e. The molecule has 1 unspecified atom stereocenters. The smallest absolute Gasteiger partial charge is 0.335 e. The highest BCUT2D eigenvalue weighted by Crippen LogP contribution is 2.30. The van der Waals surface area contributed by atoms with Crippen molar-refractivity contribution in [2.24, 2.45) is 0 Å². The Balaban J connectivity index is 2.21. The highest BCUT2D eigenvalue weighted by Gasteiger charge is 2.17. The predicted octanol–water partition coefficient (Wildman–Crippen LogP) is 3.35. The molecule has 0 bridgehead atoms. The molecule has 7 heteroatoms. The van der Waals surface area contributed by atoms with Crippen molar-refractivity contribution in [2.75, 3.05) is 0 Å². The third-order valence-corrected chi connectivity index (χ3v) is 4.76. The first-order valence-corrected chi connectivity index (χ1v) is 7.39. The normalized spacial score (nSPS) is 12.7. The summed E-state index contributed by atoms with van der Waals surface area (Å²) in [7, 11) is 0. The van der Waals surface area contributed by atoms with Crippen LogP contribution in [-0.4, -0.2) is 20.6 Å². The summed E-state index contributed by atoms with van der Waals surface area (Å²) < 4.78 is 2.19. The number of aromatic carboxylic acids is 1. The Morgan fingerprint density at radius 3 is 2.76 bits per heavy atom. The minimum Gasteiger partial charge on any atom is -0.478 e. The second-order valence-electron chi connectivity index (χ2n) is 4.66. The van der Waals surface area contributed by atoms with E-state index in [0.29, 0.717) is 15.4 Å². The van der Waals surface area contributed by atoms with E-state index < -0.39 is 5.97 Å². The lowest BCUT2D eigenvalue weighted by Crippen LogP contribution is -2.20. The van der Waals surface area contributed by atoms with Gasteiger partial charge in [0.1, 0.15) is 0 Å². The van der Waals surface area contributed by atoms with Crippen LogP contribution in [0.15, 0.2) is 35.1 Å². The molecule has 3 aromatic rings. The molecule has 0 aliphatic heterocycles. The van der Waals surface area contributed by atoms with Crippen LogP contribution in [0, 0.1) is 0 Å². The summed E-state index contributed by atoms with van der Waals surface area (Å²) in [4.78, 5) is 26.9. The number of thiophene rings is 1. The van der Waals surface area contributed by atoms with E-state index in [4.69, 9.17) is 16.7 Å². The standard InChI is InChI=1S/C14H11ClN2O3S/c1-7(11-4-5-12(15)21-11)17-10-6-8(13(18)19)2-3-9(10)16-14(17)20/h2-7H,1H3,(H,16,20)(H,18,19). The zero-order valence-electron chi connectivity index (χ0n) is 11.0. The zero-order chi connectivity index (χ0) is 15.1. The molecule has 1 aromatic carbocycles. The first-order valence-electron chi connectivity index (χ1n) is 6.20. The summed E-state index contributed by atoms with van der Waals surface area (Å²) in [6.45, 7) is 1.88. The molecule has 108 valence electrons. The fourth-order valence-corrected chi connectivity index (χ4v) is 3.42. The van der Waals surface area contributed by atoms with E-state index in [-0.39, 0.29) is 17.3 Å². The number of benzene rings is 1. The van der Waals surface area contributed by atoms with Crippen LogP contribution >= 0.6 is 22.9 Å². The third kappa shape index (κ3) is 2.36. The van der Waals surface area contributed by atoms with Gasteiger partial charge in [0.25, 0.3) is 0 Å². The number of rotatable bonds is 3. The van der Waals surface area contributed by atoms with Crippen LogP contribution in [0.3, 0.4) is 0 Å². The molecule has 5 nitrogen and oxygen atoms in total. The number of aromatic nitrogens is 2. The number of imidazole rings is 1. The molecule has 0 aliphatic rings. The molecular formula is C14H11ClN2O3S. The van der Waals surface area contributed by atoms with E-state index in [1.165, 1.54) is 23.5 Å². The van der Waals surface area contributed by atoms with Crippen molar-refractivity contribution in [1.82, 2.24) is 9.55 Å². The SMILES string of the molecule is CC(c1ccc(Cl)s1)n1c(=O)[nH]c2ccc(C(=O)O)cc21. The van der Waals surface area contributed by atoms with Gasteiger partial charge in [-0.2, -0.15) is 0 Å². The highest BCUT2D eigenvalue weighted by molar-refractivity contribution is 7.16. The molecule has 0 aliphatic carbocycles. The molecule has 3 rings (SSSR count). The molecule has 2 N–H and O–H groups in total. The van der Waals surface area contributed by atoms with E-state index in [9.17, 15) is 9.59 Å². The molecule has 2 heterocycles. The molecule has 0 radical (unpaired) electrons. The van der Waals surface area contributed by atoms with Crippen molar-refractivity contribution in [3.05, 3.63) is 55.6 Å². The lowest BCUT2D eigenvalue weighted by molar-refractivity contribution is 0.0697. The summed E-state index contributed by atoms with van der Waals surface area (Å²) in [6, 6.07) is 7.99. The van der Waals surface area contributed by atoms with Crippen molar-refractivity contribution in [3.8, 4) is 0 Å². The van der Waals surface area contributed by atoms with Crippen LogP contribution in [-0.2, 0) is 0 Å². The van der Waals surface area contributed by atoms with Crippen LogP contribution in [0.5, 0.6) is 0 Å². The number of halogens is 1. The average molecular weight is 323 g/mol. The Bertz CT molecular complexity index is 893. The molecule has 0 amide bonds. The van der Waals surface area contributed by atoms with Gasteiger partial charge in [-0.05, 0) is 37.3 Å². The first kappa shape index (κ1) is 13.9. The van der Waals surface area contributed by atoms with E-state index >= 15 is 0 Å². The van der Waals surface area contributed by atoms with Crippen molar-refractivity contribution >= 4 is 39.9 Å². The Hall–Kier alpha value is -2.05. The van der Waals surface area contributed by atoms with Gasteiger partial charge in [-0.25, -0.2) is 9.59 Å². The maximum absolute atomic E-state index is 12.2. The monoisotopic (exact) mass is 322 g/mol. The first-order chi connectivity index (χ1) is 9.97. The van der Waals surface area contributed by atoms with Crippen molar-refractivity contribution in [3.63, 3.8) is 0 Å². The number of nitrogens with one attached hydrogen (secondary N) is 1. The van der Waals surface area contributed by atoms with Gasteiger partial charge < -0.3 is 10.1 Å². The summed E-state index contributed by atoms with van der Waals surface area (Å²) in [5.41, 5.74) is 1.05. The quantitative estimate of drug-likeness (QED) is 0.776. The molecular weight excluding hydrogens is 312 g/mol. The number of hydrogen-bond acceptors (Lipinski definition) is 3. The van der Waals surface area contributed by atoms with E-state index in [0.717, 1.165) is 4.88 Å². The van der Waals surface area contributed by atoms with Gasteiger partial charge >= 0.3 is 11.7 Å². The maximum atomic E-state index is 12.2. The Labute approximate surface area is 128 Å². The van der Waals surface area contributed by atoms with Crippen LogP contribution in [0.1, 0.15) is 28.2 Å². The van der Waals surface area contributed by atoms with Crippen molar-refractivity contribution < 1.29 is 9.90 Å². The van der Waals surface area contributed by atoms with Crippen LogP contribution in [0.4, 0.5) is 0 Å². The lowest BCUT2D eigenvalue weighted by atomic mass is 10.2. The van der Waals surface area contributed by atoms with E-state index in [2.05, 4.69) is 4.98 Å². The van der Waals surface area contributed by atoms with Gasteiger partial charge in [0, 0.05) is 4.88 Å². The lowest BCUT2D eigenvalue weighted by Gasteiger charge is -2.11. The molecule has 1 atom stereocenters. The molecule has 0 saturated carbocycles. The number of H-pyrrole nitrogens is 1. The number of carbonyl (C=O) groups is 1. The summed E-state index contributed by atoms with van der Waals surface area (Å²) >= 11 is 7.33. The number of aromatic amines is 1. The molecule has 0 spiro atoms.